The van der Waals surface area contributed by atoms with Crippen LogP contribution in [0.2, 0.25) is 56.8 Å². The summed E-state index contributed by atoms with van der Waals surface area (Å²) in [4.78, 5) is 74.7. The maximum atomic E-state index is 6.32. The molecular formula is C92H125Cl12N29O5. The molecule has 3 aliphatic heterocycles. The zero-order valence-electron chi connectivity index (χ0n) is 79.5. The molecule has 6 aliphatic rings. The Morgan fingerprint density at radius 3 is 0.797 bits per heavy atom. The Hall–Kier alpha value is -8.53. The molecule has 0 spiro atoms. The number of benzene rings is 5. The molecule has 34 nitrogen and oxygen atoms in total. The fourth-order valence-electron chi connectivity index (χ4n) is 15.8. The molecule has 16 rings (SSSR count). The minimum absolute atomic E-state index is 0. The first-order valence-electron chi connectivity index (χ1n) is 45.7. The van der Waals surface area contributed by atoms with Gasteiger partial charge in [-0.05, 0) is 305 Å². The smallest absolute Gasteiger partial charge is 0.233 e. The van der Waals surface area contributed by atoms with Crippen molar-refractivity contribution in [3.63, 3.8) is 0 Å². The summed E-state index contributed by atoms with van der Waals surface area (Å²) in [6.07, 6.45) is 29.2. The molecule has 5 aromatic carbocycles. The largest absolute Gasteiger partial charge is 0.495 e. The van der Waals surface area contributed by atoms with Gasteiger partial charge in [-0.25, -0.2) is 0 Å². The lowest BCUT2D eigenvalue weighted by molar-refractivity contribution is 0.240. The Bertz CT molecular complexity index is 5130. The van der Waals surface area contributed by atoms with Crippen LogP contribution < -0.4 is 81.8 Å². The molecule has 46 heteroatoms. The average Bonchev–Trinajstić information content (AvgIpc) is 0.849. The number of nitrogens with zero attached hydrogens (tertiary/aromatic N) is 20. The summed E-state index contributed by atoms with van der Waals surface area (Å²) < 4.78 is 25.6. The molecule has 3 saturated heterocycles. The van der Waals surface area contributed by atoms with Crippen LogP contribution in [0.15, 0.2) is 91.0 Å². The lowest BCUT2D eigenvalue weighted by atomic mass is 10.0. The van der Waals surface area contributed by atoms with Crippen LogP contribution in [0.1, 0.15) is 154 Å². The van der Waals surface area contributed by atoms with E-state index in [0.29, 0.717) is 143 Å². The molecule has 0 atom stereocenters. The van der Waals surface area contributed by atoms with Crippen molar-refractivity contribution in [2.75, 3.05) is 170 Å². The third-order valence-corrected chi connectivity index (χ3v) is 26.1. The van der Waals surface area contributed by atoms with Crippen LogP contribution in [-0.2, 0) is 0 Å². The molecule has 10 N–H and O–H groups in total. The van der Waals surface area contributed by atoms with Gasteiger partial charge in [0.25, 0.3) is 0 Å². The van der Waals surface area contributed by atoms with Crippen molar-refractivity contribution in [2.24, 2.45) is 0 Å². The number of anilines is 14. The van der Waals surface area contributed by atoms with E-state index in [4.69, 9.17) is 187 Å². The first-order chi connectivity index (χ1) is 66.0. The monoisotopic (exact) mass is 2140 g/mol. The van der Waals surface area contributed by atoms with Gasteiger partial charge in [0.1, 0.15) is 28.7 Å². The van der Waals surface area contributed by atoms with Crippen LogP contribution in [0.5, 0.6) is 28.7 Å². The molecule has 0 unspecified atom stereocenters. The molecule has 3 aliphatic carbocycles. The van der Waals surface area contributed by atoms with E-state index in [0.717, 1.165) is 113 Å². The number of nitrogens with one attached hydrogen (secondary N) is 8. The first kappa shape index (κ1) is 113. The van der Waals surface area contributed by atoms with Crippen LogP contribution in [0, 0.1) is 0 Å². The fourth-order valence-corrected chi connectivity index (χ4v) is 18.3. The van der Waals surface area contributed by atoms with Gasteiger partial charge in [0.2, 0.25) is 85.2 Å². The summed E-state index contributed by atoms with van der Waals surface area (Å²) in [7, 11) is 20.7. The van der Waals surface area contributed by atoms with E-state index in [1.165, 1.54) is 103 Å². The van der Waals surface area contributed by atoms with E-state index < -0.39 is 0 Å². The normalized spacial score (nSPS) is 15.9. The van der Waals surface area contributed by atoms with Gasteiger partial charge in [0.15, 0.2) is 0 Å². The minimum Gasteiger partial charge on any atom is -0.495 e. The zero-order chi connectivity index (χ0) is 98.3. The molecule has 138 heavy (non-hydrogen) atoms. The summed E-state index contributed by atoms with van der Waals surface area (Å²) in [6.45, 7) is 6.86. The van der Waals surface area contributed by atoms with Gasteiger partial charge in [-0.15, -0.1) is 12.4 Å². The SMILES string of the molecule is CNC1CCN(C)CC1.COc1ccc(N)cc1Cl.COc1ccc(Nc2nc(Cl)nc(Cl)n2)cc1Cl.COc1ccc(Nc2nc(Cl)nc(NC3CCCCCC3)n2)cc1Cl.COc1ccc(Nc2nc(NC3CCCCCC3)nc(N(C)C3CCN(C)CC3)n2)cc1Cl.COc1ccc(Nc2nc(NC3CCCCCC3)nc(N(C)C3CCN(C)CC3)n2)cc1Cl.Cl.Clc1nc(Cl)nc(Cl)n1. The summed E-state index contributed by atoms with van der Waals surface area (Å²) in [5, 5.41) is 29.3. The van der Waals surface area contributed by atoms with Gasteiger partial charge in [-0.3, -0.25) is 0 Å². The van der Waals surface area contributed by atoms with Crippen molar-refractivity contribution < 1.29 is 23.7 Å². The van der Waals surface area contributed by atoms with E-state index >= 15 is 0 Å². The van der Waals surface area contributed by atoms with Crippen molar-refractivity contribution in [1.82, 2.24) is 94.8 Å². The maximum absolute atomic E-state index is 6.32. The van der Waals surface area contributed by atoms with Gasteiger partial charge >= 0.3 is 0 Å². The Balaban J connectivity index is 0.000000190. The lowest BCUT2D eigenvalue weighted by Gasteiger charge is -2.35. The average molecular weight is 2140 g/mol. The number of ether oxygens (including phenoxy) is 5. The number of nitrogens with two attached hydrogens (primary N) is 1. The highest BCUT2D eigenvalue weighted by Crippen LogP contribution is 2.36. The molecule has 5 aromatic heterocycles. The summed E-state index contributed by atoms with van der Waals surface area (Å²) in [5.41, 5.74) is 9.12. The molecule has 752 valence electrons. The highest BCUT2D eigenvalue weighted by atomic mass is 35.5. The van der Waals surface area contributed by atoms with Gasteiger partial charge in [0, 0.05) is 78.8 Å². The first-order valence-corrected chi connectivity index (χ1v) is 49.9. The Kier molecular flexibility index (Phi) is 48.7. The predicted octanol–water partition coefficient (Wildman–Crippen LogP) is 23.0. The van der Waals surface area contributed by atoms with Crippen molar-refractivity contribution in [1.29, 1.82) is 0 Å². The summed E-state index contributed by atoms with van der Waals surface area (Å²) in [5.74, 6) is 7.88. The van der Waals surface area contributed by atoms with Crippen molar-refractivity contribution in [3.8, 4) is 28.7 Å². The third kappa shape index (κ3) is 38.7. The quantitative estimate of drug-likeness (QED) is 0.0200. The molecule has 0 amide bonds. The number of hydrogen-bond acceptors (Lipinski definition) is 34. The van der Waals surface area contributed by atoms with E-state index in [1.807, 2.05) is 42.5 Å². The number of methoxy groups -OCH3 is 5. The van der Waals surface area contributed by atoms with Crippen LogP contribution in [-0.4, -0.2) is 243 Å². The van der Waals surface area contributed by atoms with Crippen LogP contribution in [0.3, 0.4) is 0 Å². The molecular weight excluding hydrogens is 2020 g/mol. The number of halogens is 12. The second-order valence-electron chi connectivity index (χ2n) is 33.6. The number of rotatable bonds is 24. The highest BCUT2D eigenvalue weighted by Gasteiger charge is 2.28. The molecule has 3 saturated carbocycles. The van der Waals surface area contributed by atoms with Crippen molar-refractivity contribution >= 4 is 222 Å². The summed E-state index contributed by atoms with van der Waals surface area (Å²) in [6, 6.07) is 29.6. The van der Waals surface area contributed by atoms with Gasteiger partial charge in [0.05, 0.1) is 60.7 Å². The Morgan fingerprint density at radius 1 is 0.290 bits per heavy atom. The standard InChI is InChI=1S/2C24H36ClN7O.C17H21Cl2N5O.C10H7Cl3N4O.C7H8ClNO.C7H16N2.C3Cl3N3.ClH/c2*1-31-14-12-19(13-15-31)32(2)24-29-22(26-17-8-6-4-5-7-9-17)28-23(30-24)27-18-10-11-21(33-3)20(25)16-18;1-25-14-9-8-12(10-13(14)18)21-17-23-15(19)22-16(24-17)20-11-6-4-2-3-5-7-11;1-18-7-3-2-5(4-6(7)11)14-10-16-8(12)15-9(13)17-10;1-10-7-3-2-5(9)4-6(7)8;1-8-7-3-5-9(2)6-4-7;4-1-7-2(5)9-3(6)8-1;/h2*10-11,16-17,19H,4-9,12-15H2,1-3H3,(H2,26,27,28,29,30);8-11H,2-7H2,1H3,(H2,20,21,22,23,24);2-4H,1H3,(H,14,15,16,17);2-4H,9H2,1H3;7-8H,3-6H2,1-2H3;;1H. The maximum Gasteiger partial charge on any atom is 0.233 e. The minimum atomic E-state index is 0. The molecule has 6 fully saturated rings. The number of likely N-dealkylation sites (tertiary alicyclic amines) is 3. The van der Waals surface area contributed by atoms with E-state index in [9.17, 15) is 0 Å². The van der Waals surface area contributed by atoms with Crippen LogP contribution in [0.4, 0.5) is 82.0 Å². The topological polar surface area (TPSA) is 378 Å². The van der Waals surface area contributed by atoms with E-state index in [2.05, 4.69) is 154 Å². The van der Waals surface area contributed by atoms with Crippen LogP contribution in [0.25, 0.3) is 0 Å². The number of aromatic nitrogens is 15. The van der Waals surface area contributed by atoms with Gasteiger partial charge in [-0.1, -0.05) is 135 Å². The second-order valence-corrected chi connectivity index (χ2v) is 37.7. The van der Waals surface area contributed by atoms with E-state index in [1.54, 1.807) is 84.1 Å². The van der Waals surface area contributed by atoms with Crippen molar-refractivity contribution in [3.05, 3.63) is 148 Å². The highest BCUT2D eigenvalue weighted by molar-refractivity contribution is 6.35. The lowest BCUT2D eigenvalue weighted by Crippen LogP contribution is -2.42. The molecule has 0 radical (unpaired) electrons. The molecule has 8 heterocycles. The molecule has 10 aromatic rings. The van der Waals surface area contributed by atoms with Crippen LogP contribution >= 0.6 is 140 Å². The fraction of sp³-hybridized carbons (Fsp3) is 0.511. The second kappa shape index (κ2) is 59.4. The Labute approximate surface area is 870 Å². The van der Waals surface area contributed by atoms with E-state index in [-0.39, 0.29) is 50.1 Å². The Morgan fingerprint density at radius 2 is 0.522 bits per heavy atom. The summed E-state index contributed by atoms with van der Waals surface area (Å²) >= 11 is 63.8. The van der Waals surface area contributed by atoms with Gasteiger partial charge in [-0.2, -0.15) is 74.8 Å². The third-order valence-electron chi connectivity index (χ3n) is 23.6. The zero-order valence-corrected chi connectivity index (χ0v) is 88.6. The number of nitrogen functional groups attached to an aromatic ring is 1. The predicted molar refractivity (Wildman–Crippen MR) is 567 cm³/mol. The number of piperidine rings is 3. The van der Waals surface area contributed by atoms with Crippen molar-refractivity contribution in [2.45, 2.75) is 190 Å². The molecule has 0 bridgehead atoms. The number of hydrogen-bond donors (Lipinski definition) is 9. The van der Waals surface area contributed by atoms with Gasteiger partial charge < -0.3 is 96.5 Å².